The molecule has 1 amide bonds. The third kappa shape index (κ3) is 2.65. The molecule has 1 atom stereocenters. The van der Waals surface area contributed by atoms with Gasteiger partial charge in [-0.05, 0) is 51.3 Å². The molecule has 0 bridgehead atoms. The van der Waals surface area contributed by atoms with Gasteiger partial charge in [0.05, 0.1) is 22.2 Å². The SMILES string of the molecule is Cc1nc(C)c([C@@H](C)NC(=O)C2(c3ccc(F)cc3)CC2)s1. The molecular weight excluding hydrogens is 299 g/mol. The smallest absolute Gasteiger partial charge is 0.231 e. The van der Waals surface area contributed by atoms with Crippen molar-refractivity contribution in [2.45, 2.75) is 45.1 Å². The Bertz CT molecular complexity index is 704. The van der Waals surface area contributed by atoms with E-state index in [1.165, 1.54) is 12.1 Å². The second-order valence-corrected chi connectivity index (χ2v) is 7.20. The van der Waals surface area contributed by atoms with Gasteiger partial charge in [-0.1, -0.05) is 12.1 Å². The van der Waals surface area contributed by atoms with Crippen LogP contribution in [0.2, 0.25) is 0 Å². The van der Waals surface area contributed by atoms with Crippen molar-refractivity contribution in [3.8, 4) is 0 Å². The van der Waals surface area contributed by atoms with Crippen LogP contribution < -0.4 is 5.32 Å². The van der Waals surface area contributed by atoms with Crippen LogP contribution in [0.1, 0.15) is 46.9 Å². The third-order valence-corrected chi connectivity index (χ3v) is 5.52. The number of halogens is 1. The lowest BCUT2D eigenvalue weighted by molar-refractivity contribution is -0.124. The number of aryl methyl sites for hydroxylation is 2. The molecule has 3 rings (SSSR count). The standard InChI is InChI=1S/C17H19FN2OS/c1-10-15(22-12(3)19-10)11(2)20-16(21)17(8-9-17)13-4-6-14(18)7-5-13/h4-7,11H,8-9H2,1-3H3,(H,20,21)/t11-/m1/s1. The Morgan fingerprint density at radius 2 is 1.95 bits per heavy atom. The third-order valence-electron chi connectivity index (χ3n) is 4.26. The van der Waals surface area contributed by atoms with Crippen LogP contribution >= 0.6 is 11.3 Å². The van der Waals surface area contributed by atoms with Gasteiger partial charge in [-0.25, -0.2) is 9.37 Å². The van der Waals surface area contributed by atoms with Crippen molar-refractivity contribution in [2.75, 3.05) is 0 Å². The number of rotatable bonds is 4. The number of benzene rings is 1. The van der Waals surface area contributed by atoms with Gasteiger partial charge in [-0.2, -0.15) is 0 Å². The van der Waals surface area contributed by atoms with E-state index >= 15 is 0 Å². The van der Waals surface area contributed by atoms with E-state index in [4.69, 9.17) is 0 Å². The van der Waals surface area contributed by atoms with Gasteiger partial charge in [-0.3, -0.25) is 4.79 Å². The molecule has 1 aromatic heterocycles. The molecule has 1 heterocycles. The Balaban J connectivity index is 1.77. The molecule has 1 aliphatic carbocycles. The predicted molar refractivity (Wildman–Crippen MR) is 85.5 cm³/mol. The zero-order valence-electron chi connectivity index (χ0n) is 12.9. The maximum atomic E-state index is 13.1. The highest BCUT2D eigenvalue weighted by Gasteiger charge is 2.51. The van der Waals surface area contributed by atoms with Crippen molar-refractivity contribution in [1.29, 1.82) is 0 Å². The summed E-state index contributed by atoms with van der Waals surface area (Å²) < 4.78 is 13.1. The molecule has 0 spiro atoms. The first-order valence-electron chi connectivity index (χ1n) is 7.43. The summed E-state index contributed by atoms with van der Waals surface area (Å²) in [6, 6.07) is 6.21. The summed E-state index contributed by atoms with van der Waals surface area (Å²) in [5, 5.41) is 4.11. The van der Waals surface area contributed by atoms with Crippen LogP contribution in [-0.2, 0) is 10.2 Å². The van der Waals surface area contributed by atoms with Gasteiger partial charge >= 0.3 is 0 Å². The van der Waals surface area contributed by atoms with Gasteiger partial charge in [0.15, 0.2) is 0 Å². The summed E-state index contributed by atoms with van der Waals surface area (Å²) in [6.07, 6.45) is 1.63. The number of hydrogen-bond donors (Lipinski definition) is 1. The highest BCUT2D eigenvalue weighted by Crippen LogP contribution is 2.48. The van der Waals surface area contributed by atoms with E-state index in [1.807, 2.05) is 20.8 Å². The van der Waals surface area contributed by atoms with Gasteiger partial charge in [0.2, 0.25) is 5.91 Å². The molecular formula is C17H19FN2OS. The Kier molecular flexibility index (Phi) is 3.77. The number of hydrogen-bond acceptors (Lipinski definition) is 3. The first-order valence-corrected chi connectivity index (χ1v) is 8.25. The number of carbonyl (C=O) groups is 1. The minimum Gasteiger partial charge on any atom is -0.348 e. The lowest BCUT2D eigenvalue weighted by Crippen LogP contribution is -2.36. The Morgan fingerprint density at radius 3 is 2.45 bits per heavy atom. The van der Waals surface area contributed by atoms with Gasteiger partial charge in [0.1, 0.15) is 5.82 Å². The summed E-state index contributed by atoms with van der Waals surface area (Å²) in [7, 11) is 0. The minimum absolute atomic E-state index is 0.0251. The number of nitrogens with zero attached hydrogens (tertiary/aromatic N) is 1. The molecule has 3 nitrogen and oxygen atoms in total. The molecule has 0 unspecified atom stereocenters. The van der Waals surface area contributed by atoms with E-state index in [0.29, 0.717) is 0 Å². The second-order valence-electron chi connectivity index (χ2n) is 5.97. The zero-order valence-corrected chi connectivity index (χ0v) is 13.8. The van der Waals surface area contributed by atoms with Crippen LogP contribution in [0, 0.1) is 19.7 Å². The molecule has 1 fully saturated rings. The van der Waals surface area contributed by atoms with Gasteiger partial charge in [0.25, 0.3) is 0 Å². The van der Waals surface area contributed by atoms with E-state index in [9.17, 15) is 9.18 Å². The van der Waals surface area contributed by atoms with E-state index in [2.05, 4.69) is 10.3 Å². The van der Waals surface area contributed by atoms with Gasteiger partial charge in [0, 0.05) is 4.88 Å². The van der Waals surface area contributed by atoms with Crippen LogP contribution in [0.5, 0.6) is 0 Å². The van der Waals surface area contributed by atoms with Gasteiger partial charge < -0.3 is 5.32 Å². The quantitative estimate of drug-likeness (QED) is 0.931. The zero-order chi connectivity index (χ0) is 15.9. The molecule has 1 saturated carbocycles. The number of aromatic nitrogens is 1. The molecule has 22 heavy (non-hydrogen) atoms. The first kappa shape index (κ1) is 15.2. The summed E-state index contributed by atoms with van der Waals surface area (Å²) in [5.74, 6) is -0.249. The van der Waals surface area contributed by atoms with E-state index in [0.717, 1.165) is 34.0 Å². The van der Waals surface area contributed by atoms with Crippen molar-refractivity contribution in [3.05, 3.63) is 51.2 Å². The Morgan fingerprint density at radius 1 is 1.32 bits per heavy atom. The fraction of sp³-hybridized carbons (Fsp3) is 0.412. The first-order chi connectivity index (χ1) is 10.4. The van der Waals surface area contributed by atoms with Crippen LogP contribution in [0.25, 0.3) is 0 Å². The van der Waals surface area contributed by atoms with Crippen molar-refractivity contribution in [1.82, 2.24) is 10.3 Å². The fourth-order valence-electron chi connectivity index (χ4n) is 2.89. The number of amides is 1. The molecule has 116 valence electrons. The van der Waals surface area contributed by atoms with E-state index < -0.39 is 5.41 Å². The van der Waals surface area contributed by atoms with Crippen molar-refractivity contribution < 1.29 is 9.18 Å². The number of carbonyl (C=O) groups excluding carboxylic acids is 1. The highest BCUT2D eigenvalue weighted by molar-refractivity contribution is 7.11. The predicted octanol–water partition coefficient (Wildman–Crippen LogP) is 3.81. The van der Waals surface area contributed by atoms with E-state index in [-0.39, 0.29) is 17.8 Å². The van der Waals surface area contributed by atoms with Crippen molar-refractivity contribution in [3.63, 3.8) is 0 Å². The topological polar surface area (TPSA) is 42.0 Å². The lowest BCUT2D eigenvalue weighted by Gasteiger charge is -2.19. The molecule has 0 saturated heterocycles. The molecule has 5 heteroatoms. The lowest BCUT2D eigenvalue weighted by atomic mass is 9.94. The maximum absolute atomic E-state index is 13.1. The maximum Gasteiger partial charge on any atom is 0.231 e. The largest absolute Gasteiger partial charge is 0.348 e. The van der Waals surface area contributed by atoms with Crippen LogP contribution in [0.3, 0.4) is 0 Å². The molecule has 1 N–H and O–H groups in total. The summed E-state index contributed by atoms with van der Waals surface area (Å²) in [4.78, 5) is 18.2. The number of thiazole rings is 1. The van der Waals surface area contributed by atoms with Gasteiger partial charge in [-0.15, -0.1) is 11.3 Å². The molecule has 1 aromatic carbocycles. The average molecular weight is 318 g/mol. The number of nitrogens with one attached hydrogen (secondary N) is 1. The fourth-order valence-corrected chi connectivity index (χ4v) is 3.82. The highest BCUT2D eigenvalue weighted by atomic mass is 32.1. The minimum atomic E-state index is -0.477. The average Bonchev–Trinajstić information content (AvgIpc) is 3.20. The molecule has 0 radical (unpaired) electrons. The molecule has 2 aromatic rings. The molecule has 0 aliphatic heterocycles. The Labute approximate surface area is 133 Å². The molecule has 1 aliphatic rings. The van der Waals surface area contributed by atoms with Crippen LogP contribution in [0.15, 0.2) is 24.3 Å². The summed E-state index contributed by atoms with van der Waals surface area (Å²) in [5.41, 5.74) is 1.40. The monoisotopic (exact) mass is 318 g/mol. The summed E-state index contributed by atoms with van der Waals surface area (Å²) in [6.45, 7) is 5.92. The van der Waals surface area contributed by atoms with Crippen molar-refractivity contribution in [2.24, 2.45) is 0 Å². The van der Waals surface area contributed by atoms with E-state index in [1.54, 1.807) is 23.5 Å². The second kappa shape index (κ2) is 5.47. The van der Waals surface area contributed by atoms with Crippen LogP contribution in [-0.4, -0.2) is 10.9 Å². The van der Waals surface area contributed by atoms with Crippen LogP contribution in [0.4, 0.5) is 4.39 Å². The normalized spacial score (nSPS) is 17.1. The Hall–Kier alpha value is -1.75. The van der Waals surface area contributed by atoms with Crippen molar-refractivity contribution >= 4 is 17.2 Å². The summed E-state index contributed by atoms with van der Waals surface area (Å²) >= 11 is 1.62.